The summed E-state index contributed by atoms with van der Waals surface area (Å²) in [4.78, 5) is 23.8. The van der Waals surface area contributed by atoms with Crippen molar-refractivity contribution in [2.75, 3.05) is 0 Å². The molecule has 1 aromatic heterocycles. The quantitative estimate of drug-likeness (QED) is 0.507. The lowest BCUT2D eigenvalue weighted by Crippen LogP contribution is -2.12. The first-order chi connectivity index (χ1) is 5.52. The van der Waals surface area contributed by atoms with Gasteiger partial charge in [-0.25, -0.2) is 4.79 Å². The van der Waals surface area contributed by atoms with E-state index >= 15 is 0 Å². The Morgan fingerprint density at radius 1 is 1.42 bits per heavy atom. The molecule has 4 heteroatoms. The molecule has 0 aliphatic carbocycles. The molecule has 4 nitrogen and oxygen atoms in total. The van der Waals surface area contributed by atoms with Gasteiger partial charge in [0.15, 0.2) is 0 Å². The maximum Gasteiger partial charge on any atom is 0.378 e. The molecular formula is C8H9NO3. The molecule has 0 aliphatic rings. The number of carboxylic acid groups (broad SMARTS) is 1. The Hall–Kier alpha value is -1.58. The highest BCUT2D eigenvalue weighted by Crippen LogP contribution is 2.08. The van der Waals surface area contributed by atoms with E-state index in [1.54, 1.807) is 6.92 Å². The first-order valence-electron chi connectivity index (χ1n) is 3.46. The smallest absolute Gasteiger partial charge is 0.378 e. The van der Waals surface area contributed by atoms with E-state index in [-0.39, 0.29) is 5.69 Å². The van der Waals surface area contributed by atoms with Crippen molar-refractivity contribution >= 4 is 11.8 Å². The fourth-order valence-corrected chi connectivity index (χ4v) is 0.899. The third-order valence-corrected chi connectivity index (χ3v) is 1.71. The number of ketones is 1. The molecule has 0 radical (unpaired) electrons. The van der Waals surface area contributed by atoms with Crippen LogP contribution in [0, 0.1) is 13.8 Å². The van der Waals surface area contributed by atoms with E-state index in [2.05, 4.69) is 4.98 Å². The average molecular weight is 167 g/mol. The van der Waals surface area contributed by atoms with Crippen LogP contribution >= 0.6 is 0 Å². The summed E-state index contributed by atoms with van der Waals surface area (Å²) in [7, 11) is 0. The molecule has 12 heavy (non-hydrogen) atoms. The number of aromatic amines is 1. The van der Waals surface area contributed by atoms with Crippen LogP contribution in [-0.4, -0.2) is 21.8 Å². The third kappa shape index (κ3) is 1.37. The average Bonchev–Trinajstić information content (AvgIpc) is 2.30. The lowest BCUT2D eigenvalue weighted by atomic mass is 10.2. The number of hydrogen-bond donors (Lipinski definition) is 2. The SMILES string of the molecule is Cc1cc(C(=O)C(=O)O)[nH]c1C. The lowest BCUT2D eigenvalue weighted by molar-refractivity contribution is -0.131. The zero-order valence-electron chi connectivity index (χ0n) is 6.84. The predicted molar refractivity (Wildman–Crippen MR) is 42.2 cm³/mol. The van der Waals surface area contributed by atoms with Crippen LogP contribution in [0.2, 0.25) is 0 Å². The van der Waals surface area contributed by atoms with Gasteiger partial charge in [-0.3, -0.25) is 4.79 Å². The number of aromatic nitrogens is 1. The summed E-state index contributed by atoms with van der Waals surface area (Å²) in [5, 5.41) is 8.37. The molecule has 2 N–H and O–H groups in total. The van der Waals surface area contributed by atoms with Gasteiger partial charge in [-0.15, -0.1) is 0 Å². The third-order valence-electron chi connectivity index (χ3n) is 1.71. The molecule has 1 rings (SSSR count). The minimum absolute atomic E-state index is 0.137. The first kappa shape index (κ1) is 8.52. The van der Waals surface area contributed by atoms with Crippen molar-refractivity contribution in [1.82, 2.24) is 4.98 Å². The van der Waals surface area contributed by atoms with E-state index in [1.165, 1.54) is 6.07 Å². The highest BCUT2D eigenvalue weighted by Gasteiger charge is 2.16. The molecule has 0 saturated carbocycles. The molecule has 1 heterocycles. The van der Waals surface area contributed by atoms with E-state index in [0.717, 1.165) is 11.3 Å². The van der Waals surface area contributed by atoms with Crippen LogP contribution in [-0.2, 0) is 4.79 Å². The summed E-state index contributed by atoms with van der Waals surface area (Å²) in [6.07, 6.45) is 0. The molecule has 0 fully saturated rings. The van der Waals surface area contributed by atoms with Gasteiger partial charge in [0.05, 0.1) is 5.69 Å². The normalized spacial score (nSPS) is 9.83. The van der Waals surface area contributed by atoms with E-state index in [9.17, 15) is 9.59 Å². The van der Waals surface area contributed by atoms with Crippen LogP contribution in [0.1, 0.15) is 21.7 Å². The molecule has 0 unspecified atom stereocenters. The van der Waals surface area contributed by atoms with Crippen LogP contribution in [0.4, 0.5) is 0 Å². The molecular weight excluding hydrogens is 158 g/mol. The molecule has 1 aromatic rings. The summed E-state index contributed by atoms with van der Waals surface area (Å²) in [5.41, 5.74) is 1.84. The number of carbonyl (C=O) groups is 2. The number of nitrogens with one attached hydrogen (secondary N) is 1. The van der Waals surface area contributed by atoms with Crippen LogP contribution in [0.5, 0.6) is 0 Å². The second-order valence-electron chi connectivity index (χ2n) is 2.63. The highest BCUT2D eigenvalue weighted by molar-refractivity contribution is 6.39. The maximum absolute atomic E-state index is 10.9. The van der Waals surface area contributed by atoms with Gasteiger partial charge in [0.25, 0.3) is 5.78 Å². The van der Waals surface area contributed by atoms with Gasteiger partial charge < -0.3 is 10.1 Å². The Morgan fingerprint density at radius 3 is 2.33 bits per heavy atom. The minimum Gasteiger partial charge on any atom is -0.475 e. The van der Waals surface area contributed by atoms with Crippen molar-refractivity contribution in [2.45, 2.75) is 13.8 Å². The maximum atomic E-state index is 10.9. The fraction of sp³-hybridized carbons (Fsp3) is 0.250. The van der Waals surface area contributed by atoms with Crippen molar-refractivity contribution in [3.8, 4) is 0 Å². The number of carboxylic acids is 1. The van der Waals surface area contributed by atoms with Crippen molar-refractivity contribution in [3.05, 3.63) is 23.0 Å². The van der Waals surface area contributed by atoms with Crippen LogP contribution in [0.15, 0.2) is 6.07 Å². The van der Waals surface area contributed by atoms with E-state index < -0.39 is 11.8 Å². The molecule has 0 saturated heterocycles. The summed E-state index contributed by atoms with van der Waals surface area (Å²) in [5.74, 6) is -2.33. The number of rotatable bonds is 2. The minimum atomic E-state index is -1.43. The Kier molecular flexibility index (Phi) is 1.99. The van der Waals surface area contributed by atoms with Gasteiger partial charge in [0.1, 0.15) is 0 Å². The summed E-state index contributed by atoms with van der Waals surface area (Å²) >= 11 is 0. The number of carbonyl (C=O) groups excluding carboxylic acids is 1. The summed E-state index contributed by atoms with van der Waals surface area (Å²) in [6.45, 7) is 3.60. The number of hydrogen-bond acceptors (Lipinski definition) is 2. The molecule has 64 valence electrons. The van der Waals surface area contributed by atoms with Crippen molar-refractivity contribution < 1.29 is 14.7 Å². The van der Waals surface area contributed by atoms with Gasteiger partial charge in [-0.1, -0.05) is 0 Å². The predicted octanol–water partition coefficient (Wildman–Crippen LogP) is 0.899. The highest BCUT2D eigenvalue weighted by atomic mass is 16.4. The Labute approximate surface area is 69.2 Å². The monoisotopic (exact) mass is 167 g/mol. The zero-order chi connectivity index (χ0) is 9.30. The first-order valence-corrected chi connectivity index (χ1v) is 3.46. The molecule has 0 spiro atoms. The zero-order valence-corrected chi connectivity index (χ0v) is 6.84. The van der Waals surface area contributed by atoms with Crippen LogP contribution in [0.3, 0.4) is 0 Å². The van der Waals surface area contributed by atoms with Gasteiger partial charge in [0, 0.05) is 5.69 Å². The number of aliphatic carboxylic acids is 1. The fourth-order valence-electron chi connectivity index (χ4n) is 0.899. The van der Waals surface area contributed by atoms with Crippen molar-refractivity contribution in [3.63, 3.8) is 0 Å². The molecule has 0 aromatic carbocycles. The van der Waals surface area contributed by atoms with Gasteiger partial charge >= 0.3 is 5.97 Å². The summed E-state index contributed by atoms with van der Waals surface area (Å²) < 4.78 is 0. The van der Waals surface area contributed by atoms with Crippen molar-refractivity contribution in [2.24, 2.45) is 0 Å². The second-order valence-corrected chi connectivity index (χ2v) is 2.63. The van der Waals surface area contributed by atoms with E-state index in [4.69, 9.17) is 5.11 Å². The van der Waals surface area contributed by atoms with E-state index in [1.807, 2.05) is 6.92 Å². The largest absolute Gasteiger partial charge is 0.475 e. The Balaban J connectivity index is 3.05. The molecule has 0 aliphatic heterocycles. The van der Waals surface area contributed by atoms with Crippen LogP contribution in [0.25, 0.3) is 0 Å². The Bertz CT molecular complexity index is 319. The standard InChI is InChI=1S/C8H9NO3/c1-4-3-6(9-5(4)2)7(10)8(11)12/h3,9H,1-2H3,(H,11,12). The Morgan fingerprint density at radius 2 is 2.00 bits per heavy atom. The number of Topliss-reactive ketones (excluding diaryl/α,β-unsaturated/α-hetero) is 1. The lowest BCUT2D eigenvalue weighted by Gasteiger charge is -1.88. The van der Waals surface area contributed by atoms with E-state index in [0.29, 0.717) is 0 Å². The number of aryl methyl sites for hydroxylation is 2. The summed E-state index contributed by atoms with van der Waals surface area (Å²) in [6, 6.07) is 1.53. The topological polar surface area (TPSA) is 70.2 Å². The van der Waals surface area contributed by atoms with Gasteiger partial charge in [-0.05, 0) is 25.5 Å². The number of H-pyrrole nitrogens is 1. The van der Waals surface area contributed by atoms with Gasteiger partial charge in [-0.2, -0.15) is 0 Å². The van der Waals surface area contributed by atoms with Gasteiger partial charge in [0.2, 0.25) is 0 Å². The second kappa shape index (κ2) is 2.81. The molecule has 0 atom stereocenters. The van der Waals surface area contributed by atoms with Crippen molar-refractivity contribution in [1.29, 1.82) is 0 Å². The molecule has 0 bridgehead atoms. The van der Waals surface area contributed by atoms with Crippen LogP contribution < -0.4 is 0 Å². The molecule has 0 amide bonds.